The quantitative estimate of drug-likeness (QED) is 0.480. The number of hydrogen-bond acceptors (Lipinski definition) is 6. The molecule has 0 saturated carbocycles. The van der Waals surface area contributed by atoms with Crippen molar-refractivity contribution in [2.45, 2.75) is 11.4 Å². The van der Waals surface area contributed by atoms with Crippen molar-refractivity contribution in [2.24, 2.45) is 5.73 Å². The molecule has 28 heavy (non-hydrogen) atoms. The lowest BCUT2D eigenvalue weighted by Crippen LogP contribution is -2.32. The number of nitrogens with two attached hydrogens (primary N) is 1. The number of oxazole rings is 1. The average Bonchev–Trinajstić information content (AvgIpc) is 3.05. The number of aromatic nitrogens is 1. The largest absolute Gasteiger partial charge is 0.438 e. The van der Waals surface area contributed by atoms with Crippen molar-refractivity contribution in [1.82, 2.24) is 10.0 Å². The molecule has 0 aliphatic heterocycles. The maximum absolute atomic E-state index is 12.2. The molecule has 3 N–H and O–H groups in total. The summed E-state index contributed by atoms with van der Waals surface area (Å²) in [5.74, 6) is 0.153. The minimum atomic E-state index is -3.56. The second kappa shape index (κ2) is 7.63. The van der Waals surface area contributed by atoms with Crippen molar-refractivity contribution < 1.29 is 22.8 Å². The Kier molecular flexibility index (Phi) is 5.41. The molecule has 0 spiro atoms. The van der Waals surface area contributed by atoms with E-state index in [0.29, 0.717) is 21.8 Å². The molecule has 0 aliphatic carbocycles. The Morgan fingerprint density at radius 1 is 1.21 bits per heavy atom. The summed E-state index contributed by atoms with van der Waals surface area (Å²) in [4.78, 5) is 15.5. The number of hydrogen-bond donors (Lipinski definition) is 2. The van der Waals surface area contributed by atoms with Gasteiger partial charge in [0.2, 0.25) is 5.89 Å². The van der Waals surface area contributed by atoms with Crippen molar-refractivity contribution >= 4 is 27.5 Å². The molecule has 3 aromatic rings. The minimum absolute atomic E-state index is 0.0236. The molecular formula is C18H16ClN3O5S. The molecule has 0 unspecified atom stereocenters. The van der Waals surface area contributed by atoms with Crippen LogP contribution in [-0.2, 0) is 16.4 Å². The summed E-state index contributed by atoms with van der Waals surface area (Å²) in [6.07, 6.45) is 1.09. The predicted molar refractivity (Wildman–Crippen MR) is 102 cm³/mol. The molecule has 8 nitrogen and oxygen atoms in total. The van der Waals surface area contributed by atoms with Gasteiger partial charge in [-0.15, -0.1) is 0 Å². The smallest absolute Gasteiger partial charge is 0.339 e. The summed E-state index contributed by atoms with van der Waals surface area (Å²) in [5, 5.41) is 10.3. The van der Waals surface area contributed by atoms with E-state index in [1.54, 1.807) is 42.5 Å². The molecule has 2 amide bonds. The van der Waals surface area contributed by atoms with Crippen LogP contribution in [-0.4, -0.2) is 36.0 Å². The molecule has 0 bridgehead atoms. The predicted octanol–water partition coefficient (Wildman–Crippen LogP) is 3.34. The number of nitrogens with zero attached hydrogens (tertiary/aromatic N) is 2. The maximum atomic E-state index is 12.2. The highest BCUT2D eigenvalue weighted by Gasteiger charge is 2.24. The Bertz CT molecular complexity index is 1130. The first-order chi connectivity index (χ1) is 13.2. The molecule has 0 atom stereocenters. The van der Waals surface area contributed by atoms with Crippen molar-refractivity contribution in [3.8, 4) is 22.6 Å². The van der Waals surface area contributed by atoms with Crippen LogP contribution < -0.4 is 5.73 Å². The van der Waals surface area contributed by atoms with Crippen LogP contribution in [0.2, 0.25) is 5.02 Å². The highest BCUT2D eigenvalue weighted by Crippen LogP contribution is 2.36. The van der Waals surface area contributed by atoms with Gasteiger partial charge >= 0.3 is 6.03 Å². The lowest BCUT2D eigenvalue weighted by atomic mass is 10.1. The molecular weight excluding hydrogens is 406 g/mol. The van der Waals surface area contributed by atoms with Gasteiger partial charge in [-0.05, 0) is 24.3 Å². The average molecular weight is 422 g/mol. The number of sulfone groups is 1. The normalized spacial score (nSPS) is 11.4. The molecule has 0 saturated heterocycles. The standard InChI is InChI=1S/C18H16ClN3O5S/c1-28(25,26)14-5-3-2-4-13(14)17-16(11-6-8-12(19)9-7-11)21-15(27-17)10-22(24)18(20)23/h2-9,24H,10H2,1H3,(H2,20,23). The van der Waals surface area contributed by atoms with Gasteiger partial charge in [-0.1, -0.05) is 35.9 Å². The topological polar surface area (TPSA) is 127 Å². The molecule has 0 aliphatic rings. The molecule has 2 aromatic carbocycles. The van der Waals surface area contributed by atoms with Gasteiger partial charge < -0.3 is 10.2 Å². The summed E-state index contributed by atoms with van der Waals surface area (Å²) in [7, 11) is -3.56. The number of urea groups is 1. The van der Waals surface area contributed by atoms with E-state index in [2.05, 4.69) is 4.98 Å². The van der Waals surface area contributed by atoms with Crippen LogP contribution in [0.3, 0.4) is 0 Å². The van der Waals surface area contributed by atoms with Crippen LogP contribution in [0.25, 0.3) is 22.6 Å². The van der Waals surface area contributed by atoms with Crippen molar-refractivity contribution in [2.75, 3.05) is 6.26 Å². The van der Waals surface area contributed by atoms with E-state index in [1.807, 2.05) is 0 Å². The van der Waals surface area contributed by atoms with E-state index >= 15 is 0 Å². The fourth-order valence-electron chi connectivity index (χ4n) is 2.60. The maximum Gasteiger partial charge on any atom is 0.339 e. The van der Waals surface area contributed by atoms with E-state index in [9.17, 15) is 18.4 Å². The fraction of sp³-hybridized carbons (Fsp3) is 0.111. The highest BCUT2D eigenvalue weighted by atomic mass is 35.5. The zero-order valence-electron chi connectivity index (χ0n) is 14.7. The lowest BCUT2D eigenvalue weighted by Gasteiger charge is -2.08. The Morgan fingerprint density at radius 2 is 1.86 bits per heavy atom. The van der Waals surface area contributed by atoms with Gasteiger partial charge in [0.05, 0.1) is 4.90 Å². The van der Waals surface area contributed by atoms with E-state index in [1.165, 1.54) is 6.07 Å². The Hall–Kier alpha value is -2.88. The summed E-state index contributed by atoms with van der Waals surface area (Å²) in [6, 6.07) is 11.9. The Morgan fingerprint density at radius 3 is 2.46 bits per heavy atom. The van der Waals surface area contributed by atoms with Gasteiger partial charge in [0.1, 0.15) is 12.2 Å². The molecule has 10 heteroatoms. The number of primary amides is 1. The second-order valence-corrected chi connectivity index (χ2v) is 8.38. The third kappa shape index (κ3) is 4.16. The third-order valence-electron chi connectivity index (χ3n) is 3.86. The number of halogens is 1. The van der Waals surface area contributed by atoms with E-state index < -0.39 is 22.4 Å². The lowest BCUT2D eigenvalue weighted by molar-refractivity contribution is -0.0523. The SMILES string of the molecule is CS(=O)(=O)c1ccccc1-c1oc(CN(O)C(N)=O)nc1-c1ccc(Cl)cc1. The van der Waals surface area contributed by atoms with Crippen LogP contribution in [0.5, 0.6) is 0 Å². The monoisotopic (exact) mass is 421 g/mol. The number of rotatable bonds is 5. The third-order valence-corrected chi connectivity index (χ3v) is 5.27. The first kappa shape index (κ1) is 19.9. The number of hydroxylamine groups is 2. The zero-order valence-corrected chi connectivity index (χ0v) is 16.2. The molecule has 3 rings (SSSR count). The zero-order chi connectivity index (χ0) is 20.5. The molecule has 0 fully saturated rings. The summed E-state index contributed by atoms with van der Waals surface area (Å²) >= 11 is 5.94. The van der Waals surface area contributed by atoms with Crippen LogP contribution >= 0.6 is 11.6 Å². The first-order valence-corrected chi connectivity index (χ1v) is 10.2. The summed E-state index contributed by atoms with van der Waals surface area (Å²) in [6.45, 7) is -0.406. The molecule has 1 aromatic heterocycles. The molecule has 146 valence electrons. The van der Waals surface area contributed by atoms with Crippen LogP contribution in [0.4, 0.5) is 4.79 Å². The van der Waals surface area contributed by atoms with Crippen LogP contribution in [0.15, 0.2) is 57.8 Å². The van der Waals surface area contributed by atoms with Crippen LogP contribution in [0, 0.1) is 0 Å². The number of carbonyl (C=O) groups excluding carboxylic acids is 1. The van der Waals surface area contributed by atoms with Gasteiger partial charge in [0, 0.05) is 22.4 Å². The number of benzene rings is 2. The molecule has 1 heterocycles. The van der Waals surface area contributed by atoms with Crippen molar-refractivity contribution in [3.63, 3.8) is 0 Å². The Balaban J connectivity index is 2.21. The highest BCUT2D eigenvalue weighted by molar-refractivity contribution is 7.90. The fourth-order valence-corrected chi connectivity index (χ4v) is 3.61. The number of amides is 2. The van der Waals surface area contributed by atoms with E-state index in [-0.39, 0.29) is 21.6 Å². The van der Waals surface area contributed by atoms with Gasteiger partial charge in [-0.2, -0.15) is 5.06 Å². The van der Waals surface area contributed by atoms with E-state index in [4.69, 9.17) is 21.8 Å². The van der Waals surface area contributed by atoms with Gasteiger partial charge in [-0.3, -0.25) is 5.21 Å². The van der Waals surface area contributed by atoms with Crippen molar-refractivity contribution in [1.29, 1.82) is 0 Å². The van der Waals surface area contributed by atoms with Crippen LogP contribution in [0.1, 0.15) is 5.89 Å². The van der Waals surface area contributed by atoms with Gasteiger partial charge in [-0.25, -0.2) is 18.2 Å². The summed E-state index contributed by atoms with van der Waals surface area (Å²) in [5.41, 5.74) is 6.27. The minimum Gasteiger partial charge on any atom is -0.438 e. The molecule has 0 radical (unpaired) electrons. The van der Waals surface area contributed by atoms with E-state index in [0.717, 1.165) is 6.26 Å². The summed E-state index contributed by atoms with van der Waals surface area (Å²) < 4.78 is 30.1. The van der Waals surface area contributed by atoms with Crippen molar-refractivity contribution in [3.05, 3.63) is 59.4 Å². The Labute approximate surface area is 166 Å². The van der Waals surface area contributed by atoms with Gasteiger partial charge in [0.25, 0.3) is 0 Å². The van der Waals surface area contributed by atoms with Gasteiger partial charge in [0.15, 0.2) is 15.6 Å². The second-order valence-electron chi connectivity index (χ2n) is 5.96. The number of carbonyl (C=O) groups is 1. The first-order valence-electron chi connectivity index (χ1n) is 7.98.